The highest BCUT2D eigenvalue weighted by molar-refractivity contribution is 6.33. The molecule has 1 aromatic carbocycles. The Kier molecular flexibility index (Phi) is 2.69. The monoisotopic (exact) mass is 298 g/mol. The first kappa shape index (κ1) is 12.7. The van der Waals surface area contributed by atoms with Crippen LogP contribution in [0.5, 0.6) is 0 Å². The Labute approximate surface area is 127 Å². The van der Waals surface area contributed by atoms with Gasteiger partial charge in [0, 0.05) is 10.6 Å². The van der Waals surface area contributed by atoms with E-state index in [4.69, 9.17) is 22.3 Å². The van der Waals surface area contributed by atoms with Crippen LogP contribution in [0.25, 0.3) is 22.3 Å². The lowest BCUT2D eigenvalue weighted by Crippen LogP contribution is -1.96. The van der Waals surface area contributed by atoms with E-state index in [9.17, 15) is 0 Å². The molecule has 1 atom stereocenters. The maximum Gasteiger partial charge on any atom is 0.183 e. The quantitative estimate of drug-likeness (QED) is 0.721. The van der Waals surface area contributed by atoms with E-state index in [0.717, 1.165) is 34.5 Å². The first-order chi connectivity index (χ1) is 10.1. The molecule has 0 spiro atoms. The number of halogens is 1. The van der Waals surface area contributed by atoms with E-state index < -0.39 is 0 Å². The summed E-state index contributed by atoms with van der Waals surface area (Å²) in [6.07, 6.45) is 2.01. The predicted octanol–water partition coefficient (Wildman–Crippen LogP) is 3.60. The minimum atomic E-state index is 0.586. The number of nitrogens with one attached hydrogen (secondary N) is 1. The molecule has 2 heterocycles. The highest BCUT2D eigenvalue weighted by Gasteiger charge is 2.27. The number of rotatable bonds is 1. The second kappa shape index (κ2) is 4.46. The number of hydrogen-bond donors (Lipinski definition) is 2. The number of nitrogen functional groups attached to an aromatic ring is 1. The lowest BCUT2D eigenvalue weighted by Gasteiger charge is -2.10. The minimum absolute atomic E-state index is 0.586. The zero-order valence-corrected chi connectivity index (χ0v) is 12.4. The number of aromatic amines is 1. The normalized spacial score (nSPS) is 17.3. The van der Waals surface area contributed by atoms with Crippen LogP contribution in [-0.2, 0) is 12.8 Å². The molecule has 0 fully saturated rings. The number of H-pyrrole nitrogens is 1. The average Bonchev–Trinajstić information content (AvgIpc) is 3.01. The molecule has 21 heavy (non-hydrogen) atoms. The number of anilines is 1. The summed E-state index contributed by atoms with van der Waals surface area (Å²) in [5, 5.41) is 8.77. The zero-order chi connectivity index (χ0) is 14.6. The first-order valence-corrected chi connectivity index (χ1v) is 7.43. The van der Waals surface area contributed by atoms with Gasteiger partial charge in [-0.3, -0.25) is 5.10 Å². The van der Waals surface area contributed by atoms with Crippen molar-refractivity contribution in [3.63, 3.8) is 0 Å². The highest BCUT2D eigenvalue weighted by atomic mass is 35.5. The molecule has 0 saturated carbocycles. The summed E-state index contributed by atoms with van der Waals surface area (Å²) in [6, 6.07) is 7.82. The van der Waals surface area contributed by atoms with Crippen molar-refractivity contribution in [1.82, 2.24) is 15.2 Å². The van der Waals surface area contributed by atoms with Crippen molar-refractivity contribution in [3.05, 3.63) is 40.4 Å². The van der Waals surface area contributed by atoms with Crippen LogP contribution in [0.3, 0.4) is 0 Å². The molecule has 5 heteroatoms. The van der Waals surface area contributed by atoms with Gasteiger partial charge >= 0.3 is 0 Å². The van der Waals surface area contributed by atoms with E-state index in [-0.39, 0.29) is 0 Å². The lowest BCUT2D eigenvalue weighted by atomic mass is 10.0. The van der Waals surface area contributed by atoms with Crippen LogP contribution in [0, 0.1) is 5.92 Å². The maximum absolute atomic E-state index is 6.36. The Morgan fingerprint density at radius 2 is 2.00 bits per heavy atom. The van der Waals surface area contributed by atoms with Gasteiger partial charge in [0.05, 0.1) is 11.1 Å². The van der Waals surface area contributed by atoms with Crippen LogP contribution in [0.1, 0.15) is 18.1 Å². The molecule has 2 aromatic heterocycles. The second-order valence-corrected chi connectivity index (χ2v) is 6.15. The highest BCUT2D eigenvalue weighted by Crippen LogP contribution is 2.40. The molecule has 4 rings (SSSR count). The number of fused-ring (bicyclic) bond motifs is 3. The SMILES string of the molecule is CC1Cc2c(-c3ccccc3Cl)nc3n[nH]c(N)c3c2C1. The van der Waals surface area contributed by atoms with Crippen LogP contribution >= 0.6 is 11.6 Å². The Hall–Kier alpha value is -2.07. The van der Waals surface area contributed by atoms with E-state index in [1.54, 1.807) is 0 Å². The predicted molar refractivity (Wildman–Crippen MR) is 85.3 cm³/mol. The Morgan fingerprint density at radius 1 is 1.24 bits per heavy atom. The molecule has 3 aromatic rings. The van der Waals surface area contributed by atoms with Crippen LogP contribution in [-0.4, -0.2) is 15.2 Å². The lowest BCUT2D eigenvalue weighted by molar-refractivity contribution is 0.628. The molecule has 4 nitrogen and oxygen atoms in total. The Bertz CT molecular complexity index is 853. The van der Waals surface area contributed by atoms with Gasteiger partial charge in [0.15, 0.2) is 5.65 Å². The van der Waals surface area contributed by atoms with Gasteiger partial charge in [0.25, 0.3) is 0 Å². The number of nitrogens with zero attached hydrogens (tertiary/aromatic N) is 2. The van der Waals surface area contributed by atoms with Crippen molar-refractivity contribution in [2.75, 3.05) is 5.73 Å². The fourth-order valence-electron chi connectivity index (χ4n) is 3.28. The molecule has 0 aliphatic heterocycles. The summed E-state index contributed by atoms with van der Waals surface area (Å²) in [7, 11) is 0. The van der Waals surface area contributed by atoms with Crippen molar-refractivity contribution in [2.24, 2.45) is 5.92 Å². The Morgan fingerprint density at radius 3 is 2.81 bits per heavy atom. The molecule has 106 valence electrons. The largest absolute Gasteiger partial charge is 0.384 e. The fraction of sp³-hybridized carbons (Fsp3) is 0.250. The third kappa shape index (κ3) is 1.83. The summed E-state index contributed by atoms with van der Waals surface area (Å²) in [5.74, 6) is 1.19. The number of pyridine rings is 1. The maximum atomic E-state index is 6.36. The van der Waals surface area contributed by atoms with Crippen LogP contribution in [0.4, 0.5) is 5.82 Å². The Balaban J connectivity index is 2.08. The van der Waals surface area contributed by atoms with E-state index >= 15 is 0 Å². The topological polar surface area (TPSA) is 67.6 Å². The van der Waals surface area contributed by atoms with Crippen molar-refractivity contribution in [2.45, 2.75) is 19.8 Å². The molecule has 3 N–H and O–H groups in total. The molecule has 0 bridgehead atoms. The minimum Gasteiger partial charge on any atom is -0.384 e. The van der Waals surface area contributed by atoms with Gasteiger partial charge < -0.3 is 5.73 Å². The number of nitrogens with two attached hydrogens (primary N) is 1. The van der Waals surface area contributed by atoms with E-state index in [2.05, 4.69) is 17.1 Å². The van der Waals surface area contributed by atoms with Crippen molar-refractivity contribution < 1.29 is 0 Å². The van der Waals surface area contributed by atoms with Crippen LogP contribution < -0.4 is 5.73 Å². The summed E-state index contributed by atoms with van der Waals surface area (Å²) < 4.78 is 0. The molecular weight excluding hydrogens is 284 g/mol. The van der Waals surface area contributed by atoms with Gasteiger partial charge in [-0.2, -0.15) is 5.10 Å². The smallest absolute Gasteiger partial charge is 0.183 e. The molecule has 1 aliphatic carbocycles. The van der Waals surface area contributed by atoms with Gasteiger partial charge in [-0.05, 0) is 36.0 Å². The summed E-state index contributed by atoms with van der Waals surface area (Å²) in [6.45, 7) is 2.25. The number of benzene rings is 1. The van der Waals surface area contributed by atoms with E-state index in [0.29, 0.717) is 17.4 Å². The standard InChI is InChI=1S/C16H15ClN4/c1-8-6-10-11(7-8)14(9-4-2-3-5-12(9)17)19-16-13(10)15(18)20-21-16/h2-5,8H,6-7H2,1H3,(H3,18,19,20,21). The molecule has 1 aliphatic rings. The summed E-state index contributed by atoms with van der Waals surface area (Å²) >= 11 is 6.36. The van der Waals surface area contributed by atoms with Crippen LogP contribution in [0.2, 0.25) is 5.02 Å². The van der Waals surface area contributed by atoms with Crippen molar-refractivity contribution >= 4 is 28.5 Å². The molecule has 0 saturated heterocycles. The summed E-state index contributed by atoms with van der Waals surface area (Å²) in [5.41, 5.74) is 11.1. The second-order valence-electron chi connectivity index (χ2n) is 5.75. The van der Waals surface area contributed by atoms with Crippen LogP contribution in [0.15, 0.2) is 24.3 Å². The molecular formula is C16H15ClN4. The molecule has 0 amide bonds. The number of hydrogen-bond acceptors (Lipinski definition) is 3. The average molecular weight is 299 g/mol. The molecule has 1 unspecified atom stereocenters. The summed E-state index contributed by atoms with van der Waals surface area (Å²) in [4.78, 5) is 4.73. The third-order valence-electron chi connectivity index (χ3n) is 4.18. The van der Waals surface area contributed by atoms with Gasteiger partial charge in [0.1, 0.15) is 5.82 Å². The fourth-order valence-corrected chi connectivity index (χ4v) is 3.51. The van der Waals surface area contributed by atoms with Gasteiger partial charge in [0.2, 0.25) is 0 Å². The first-order valence-electron chi connectivity index (χ1n) is 7.05. The van der Waals surface area contributed by atoms with Crippen molar-refractivity contribution in [1.29, 1.82) is 0 Å². The third-order valence-corrected chi connectivity index (χ3v) is 4.51. The van der Waals surface area contributed by atoms with E-state index in [1.165, 1.54) is 11.1 Å². The van der Waals surface area contributed by atoms with Gasteiger partial charge in [-0.1, -0.05) is 36.7 Å². The number of aromatic nitrogens is 3. The molecule has 0 radical (unpaired) electrons. The van der Waals surface area contributed by atoms with Crippen molar-refractivity contribution in [3.8, 4) is 11.3 Å². The van der Waals surface area contributed by atoms with Gasteiger partial charge in [-0.25, -0.2) is 4.98 Å². The zero-order valence-electron chi connectivity index (χ0n) is 11.7. The van der Waals surface area contributed by atoms with E-state index in [1.807, 2.05) is 24.3 Å². The van der Waals surface area contributed by atoms with Gasteiger partial charge in [-0.15, -0.1) is 0 Å².